The first kappa shape index (κ1) is 12.2. The molecule has 4 nitrogen and oxygen atoms in total. The smallest absolute Gasteiger partial charge is 0.339 e. The average molecular weight is 293 g/mol. The molecule has 2 heterocycles. The largest absolute Gasteiger partial charge is 0.478 e. The quantitative estimate of drug-likeness (QED) is 0.784. The number of thiophene rings is 1. The molecule has 2 aromatic heterocycles. The first-order chi connectivity index (χ1) is 9.08. The lowest BCUT2D eigenvalue weighted by molar-refractivity contribution is 0.0697. The van der Waals surface area contributed by atoms with E-state index in [9.17, 15) is 9.90 Å². The molecule has 1 aromatic carbocycles. The molecule has 0 spiro atoms. The predicted molar refractivity (Wildman–Crippen MR) is 76.0 cm³/mol. The van der Waals surface area contributed by atoms with Crippen molar-refractivity contribution < 1.29 is 9.90 Å². The summed E-state index contributed by atoms with van der Waals surface area (Å²) in [6.45, 7) is 0. The zero-order chi connectivity index (χ0) is 13.6. The molecule has 0 unspecified atom stereocenters. The number of aromatic carboxylic acids is 1. The molecule has 0 radical (unpaired) electrons. The fraction of sp³-hybridized carbons (Fsp3) is 0.0769. The van der Waals surface area contributed by atoms with Crippen molar-refractivity contribution in [1.82, 2.24) is 9.78 Å². The van der Waals surface area contributed by atoms with Crippen LogP contribution < -0.4 is 0 Å². The van der Waals surface area contributed by atoms with Crippen LogP contribution in [0.5, 0.6) is 0 Å². The van der Waals surface area contributed by atoms with E-state index in [-0.39, 0.29) is 5.56 Å². The molecular formula is C13H9ClN2O2S. The van der Waals surface area contributed by atoms with Crippen molar-refractivity contribution in [3.63, 3.8) is 0 Å². The molecule has 0 aliphatic rings. The number of hydrogen-bond donors (Lipinski definition) is 1. The highest BCUT2D eigenvalue weighted by Gasteiger charge is 2.19. The molecule has 0 saturated carbocycles. The number of carboxylic acids is 1. The number of benzene rings is 1. The number of nitrogens with zero attached hydrogens (tertiary/aromatic N) is 2. The summed E-state index contributed by atoms with van der Waals surface area (Å²) in [5.41, 5.74) is 0.801. The SMILES string of the molecule is Cn1ncc(C(=O)O)c1-c1cc2cccc(Cl)c2s1. The van der Waals surface area contributed by atoms with Crippen molar-refractivity contribution >= 4 is 39.0 Å². The van der Waals surface area contributed by atoms with Crippen LogP contribution in [0.25, 0.3) is 20.7 Å². The number of halogens is 1. The number of rotatable bonds is 2. The van der Waals surface area contributed by atoms with Crippen LogP contribution in [0.3, 0.4) is 0 Å². The summed E-state index contributed by atoms with van der Waals surface area (Å²) in [5.74, 6) is -0.980. The van der Waals surface area contributed by atoms with Crippen molar-refractivity contribution in [2.45, 2.75) is 0 Å². The Kier molecular flexibility index (Phi) is 2.80. The summed E-state index contributed by atoms with van der Waals surface area (Å²) in [6.07, 6.45) is 1.36. The van der Waals surface area contributed by atoms with Gasteiger partial charge >= 0.3 is 5.97 Å². The molecule has 3 rings (SSSR count). The molecule has 1 N–H and O–H groups in total. The Balaban J connectivity index is 2.28. The van der Waals surface area contributed by atoms with Crippen molar-refractivity contribution in [2.75, 3.05) is 0 Å². The molecule has 0 aliphatic carbocycles. The Morgan fingerprint density at radius 3 is 2.95 bits per heavy atom. The topological polar surface area (TPSA) is 55.1 Å². The molecule has 0 bridgehead atoms. The van der Waals surface area contributed by atoms with E-state index >= 15 is 0 Å². The summed E-state index contributed by atoms with van der Waals surface area (Å²) < 4.78 is 2.53. The van der Waals surface area contributed by atoms with Crippen molar-refractivity contribution in [1.29, 1.82) is 0 Å². The molecular weight excluding hydrogens is 284 g/mol. The average Bonchev–Trinajstić information content (AvgIpc) is 2.92. The molecule has 3 aromatic rings. The first-order valence-corrected chi connectivity index (χ1v) is 6.71. The monoisotopic (exact) mass is 292 g/mol. The van der Waals surface area contributed by atoms with Crippen LogP contribution in [-0.4, -0.2) is 20.9 Å². The summed E-state index contributed by atoms with van der Waals surface area (Å²) in [7, 11) is 1.73. The molecule has 19 heavy (non-hydrogen) atoms. The third kappa shape index (κ3) is 1.91. The number of fused-ring (bicyclic) bond motifs is 1. The molecule has 0 saturated heterocycles. The number of carbonyl (C=O) groups is 1. The van der Waals surface area contributed by atoms with E-state index in [0.717, 1.165) is 15.0 Å². The minimum atomic E-state index is -0.980. The highest BCUT2D eigenvalue weighted by Crippen LogP contribution is 2.38. The number of carboxylic acid groups (broad SMARTS) is 1. The van der Waals surface area contributed by atoms with E-state index in [1.165, 1.54) is 17.5 Å². The second kappa shape index (κ2) is 4.36. The molecule has 0 amide bonds. The summed E-state index contributed by atoms with van der Waals surface area (Å²) >= 11 is 7.62. The van der Waals surface area contributed by atoms with Gasteiger partial charge in [0.05, 0.1) is 26.5 Å². The van der Waals surface area contributed by atoms with E-state index < -0.39 is 5.97 Å². The van der Waals surface area contributed by atoms with Gasteiger partial charge in [-0.25, -0.2) is 4.79 Å². The van der Waals surface area contributed by atoms with Crippen LogP contribution in [0.1, 0.15) is 10.4 Å². The number of hydrogen-bond acceptors (Lipinski definition) is 3. The Hall–Kier alpha value is -1.85. The lowest BCUT2D eigenvalue weighted by Crippen LogP contribution is -1.99. The van der Waals surface area contributed by atoms with Gasteiger partial charge in [0.1, 0.15) is 5.56 Å². The van der Waals surface area contributed by atoms with Crippen LogP contribution in [0, 0.1) is 0 Å². The summed E-state index contributed by atoms with van der Waals surface area (Å²) in [4.78, 5) is 12.1. The van der Waals surface area contributed by atoms with Gasteiger partial charge in [0.15, 0.2) is 0 Å². The second-order valence-corrected chi connectivity index (χ2v) is 5.56. The van der Waals surface area contributed by atoms with Gasteiger partial charge in [-0.15, -0.1) is 11.3 Å². The molecule has 0 atom stereocenters. The standard InChI is InChI=1S/C13H9ClN2O2S/c1-16-11(8(6-15-16)13(17)18)10-5-7-3-2-4-9(14)12(7)19-10/h2-6H,1H3,(H,17,18). The minimum absolute atomic E-state index is 0.199. The van der Waals surface area contributed by atoms with Crippen LogP contribution in [-0.2, 0) is 7.05 Å². The third-order valence-electron chi connectivity index (χ3n) is 2.90. The maximum atomic E-state index is 11.2. The van der Waals surface area contributed by atoms with E-state index in [1.807, 2.05) is 24.3 Å². The summed E-state index contributed by atoms with van der Waals surface area (Å²) in [6, 6.07) is 7.60. The molecule has 0 aliphatic heterocycles. The van der Waals surface area contributed by atoms with Gasteiger partial charge in [-0.05, 0) is 17.5 Å². The number of aryl methyl sites for hydroxylation is 1. The van der Waals surface area contributed by atoms with Crippen LogP contribution in [0.15, 0.2) is 30.5 Å². The van der Waals surface area contributed by atoms with E-state index in [4.69, 9.17) is 11.6 Å². The number of aromatic nitrogens is 2. The van der Waals surface area contributed by atoms with E-state index in [1.54, 1.807) is 11.7 Å². The lowest BCUT2D eigenvalue weighted by atomic mass is 10.2. The van der Waals surface area contributed by atoms with Gasteiger partial charge < -0.3 is 5.11 Å². The normalized spacial score (nSPS) is 11.1. The molecule has 0 fully saturated rings. The molecule has 96 valence electrons. The first-order valence-electron chi connectivity index (χ1n) is 5.51. The van der Waals surface area contributed by atoms with Crippen molar-refractivity contribution in [3.05, 3.63) is 41.0 Å². The highest BCUT2D eigenvalue weighted by atomic mass is 35.5. The highest BCUT2D eigenvalue weighted by molar-refractivity contribution is 7.22. The maximum Gasteiger partial charge on any atom is 0.339 e. The van der Waals surface area contributed by atoms with Gasteiger partial charge in [0, 0.05) is 7.05 Å². The van der Waals surface area contributed by atoms with Gasteiger partial charge in [-0.2, -0.15) is 5.10 Å². The molecule has 6 heteroatoms. The van der Waals surface area contributed by atoms with E-state index in [2.05, 4.69) is 5.10 Å². The van der Waals surface area contributed by atoms with Crippen molar-refractivity contribution in [2.24, 2.45) is 7.05 Å². The Bertz CT molecular complexity index is 791. The zero-order valence-corrected chi connectivity index (χ0v) is 11.5. The second-order valence-electron chi connectivity index (χ2n) is 4.10. The lowest BCUT2D eigenvalue weighted by Gasteiger charge is -1.99. The Morgan fingerprint density at radius 2 is 2.26 bits per heavy atom. The van der Waals surface area contributed by atoms with Crippen LogP contribution in [0.4, 0.5) is 0 Å². The van der Waals surface area contributed by atoms with Gasteiger partial charge in [0.25, 0.3) is 0 Å². The zero-order valence-electron chi connectivity index (χ0n) is 9.92. The fourth-order valence-corrected chi connectivity index (χ4v) is 3.48. The van der Waals surface area contributed by atoms with Gasteiger partial charge in [0.2, 0.25) is 0 Å². The van der Waals surface area contributed by atoms with Crippen LogP contribution >= 0.6 is 22.9 Å². The van der Waals surface area contributed by atoms with Gasteiger partial charge in [-0.1, -0.05) is 23.7 Å². The van der Waals surface area contributed by atoms with Crippen LogP contribution in [0.2, 0.25) is 5.02 Å². The van der Waals surface area contributed by atoms with Gasteiger partial charge in [-0.3, -0.25) is 4.68 Å². The van der Waals surface area contributed by atoms with Crippen molar-refractivity contribution in [3.8, 4) is 10.6 Å². The summed E-state index contributed by atoms with van der Waals surface area (Å²) in [5, 5.41) is 14.9. The minimum Gasteiger partial charge on any atom is -0.478 e. The Morgan fingerprint density at radius 1 is 1.47 bits per heavy atom. The fourth-order valence-electron chi connectivity index (χ4n) is 2.03. The maximum absolute atomic E-state index is 11.2. The Labute approximate surface area is 117 Å². The van der Waals surface area contributed by atoms with E-state index in [0.29, 0.717) is 10.7 Å². The predicted octanol–water partition coefficient (Wildman–Crippen LogP) is 3.65. The third-order valence-corrected chi connectivity index (χ3v) is 4.52.